The van der Waals surface area contributed by atoms with Crippen LogP contribution in [0, 0.1) is 0 Å². The summed E-state index contributed by atoms with van der Waals surface area (Å²) in [5.74, 6) is -0.446. The fourth-order valence-electron chi connectivity index (χ4n) is 1.23. The number of halogens is 1. The highest BCUT2D eigenvalue weighted by Gasteiger charge is 2.07. The normalized spacial score (nSPS) is 10.6. The van der Waals surface area contributed by atoms with Crippen molar-refractivity contribution in [2.45, 2.75) is 0 Å². The molecule has 0 radical (unpaired) electrons. The van der Waals surface area contributed by atoms with Gasteiger partial charge >= 0.3 is 0 Å². The lowest BCUT2D eigenvalue weighted by molar-refractivity contribution is 0.100. The number of benzene rings is 1. The van der Waals surface area contributed by atoms with E-state index in [9.17, 15) is 4.79 Å². The van der Waals surface area contributed by atoms with E-state index in [1.54, 1.807) is 12.1 Å². The minimum atomic E-state index is -0.446. The highest BCUT2D eigenvalue weighted by Crippen LogP contribution is 2.20. The van der Waals surface area contributed by atoms with Gasteiger partial charge in [-0.3, -0.25) is 4.79 Å². The Balaban J connectivity index is 2.80. The smallest absolute Gasteiger partial charge is 0.250 e. The van der Waals surface area contributed by atoms with Crippen LogP contribution in [0.4, 0.5) is 5.69 Å². The summed E-state index contributed by atoms with van der Waals surface area (Å²) in [5, 5.41) is 3.10. The number of amides is 1. The van der Waals surface area contributed by atoms with Crippen LogP contribution < -0.4 is 16.8 Å². The minimum absolute atomic E-state index is 0.446. The fraction of sp³-hybridized carbons (Fsp3) is 0.182. The summed E-state index contributed by atoms with van der Waals surface area (Å²) in [4.78, 5) is 11.2. The first-order valence-corrected chi connectivity index (χ1v) is 5.62. The van der Waals surface area contributed by atoms with E-state index in [4.69, 9.17) is 11.5 Å². The molecule has 4 nitrogen and oxygen atoms in total. The van der Waals surface area contributed by atoms with Crippen molar-refractivity contribution in [1.82, 2.24) is 0 Å². The van der Waals surface area contributed by atoms with E-state index in [1.165, 1.54) is 0 Å². The summed E-state index contributed by atoms with van der Waals surface area (Å²) in [5.41, 5.74) is 11.8. The maximum absolute atomic E-state index is 11.2. The summed E-state index contributed by atoms with van der Waals surface area (Å²) < 4.78 is 0.891. The van der Waals surface area contributed by atoms with Crippen LogP contribution >= 0.6 is 15.9 Å². The van der Waals surface area contributed by atoms with Crippen LogP contribution in [0.25, 0.3) is 0 Å². The average molecular weight is 284 g/mol. The zero-order valence-electron chi connectivity index (χ0n) is 8.74. The quantitative estimate of drug-likeness (QED) is 0.716. The van der Waals surface area contributed by atoms with Crippen molar-refractivity contribution in [3.05, 3.63) is 40.4 Å². The van der Waals surface area contributed by atoms with Gasteiger partial charge in [0, 0.05) is 23.2 Å². The molecule has 1 rings (SSSR count). The molecule has 0 saturated carbocycles. The van der Waals surface area contributed by atoms with Crippen molar-refractivity contribution in [2.75, 3.05) is 18.4 Å². The van der Waals surface area contributed by atoms with Crippen LogP contribution in [-0.2, 0) is 0 Å². The van der Waals surface area contributed by atoms with E-state index in [2.05, 4.69) is 21.2 Å². The number of nitrogens with one attached hydrogen (secondary N) is 1. The Morgan fingerprint density at radius 3 is 2.81 bits per heavy atom. The number of rotatable bonds is 5. The SMILES string of the molecule is NC/C=C/CNc1cc(Br)ccc1C(N)=O. The molecule has 0 unspecified atom stereocenters. The number of carbonyl (C=O) groups is 1. The molecule has 86 valence electrons. The number of hydrogen-bond donors (Lipinski definition) is 3. The molecular weight excluding hydrogens is 270 g/mol. The molecule has 0 fully saturated rings. The van der Waals surface area contributed by atoms with Crippen molar-refractivity contribution in [2.24, 2.45) is 11.5 Å². The third-order valence-corrected chi connectivity index (χ3v) is 2.45. The second-order valence-electron chi connectivity index (χ2n) is 3.14. The maximum atomic E-state index is 11.2. The molecule has 5 N–H and O–H groups in total. The Labute approximate surface area is 103 Å². The largest absolute Gasteiger partial charge is 0.381 e. The Morgan fingerprint density at radius 2 is 2.19 bits per heavy atom. The van der Waals surface area contributed by atoms with Gasteiger partial charge in [0.25, 0.3) is 5.91 Å². The van der Waals surface area contributed by atoms with E-state index in [0.717, 1.165) is 4.47 Å². The van der Waals surface area contributed by atoms with Crippen molar-refractivity contribution >= 4 is 27.5 Å². The first-order valence-electron chi connectivity index (χ1n) is 4.83. The Morgan fingerprint density at radius 1 is 1.44 bits per heavy atom. The molecule has 0 atom stereocenters. The molecule has 1 amide bonds. The lowest BCUT2D eigenvalue weighted by Gasteiger charge is -2.08. The lowest BCUT2D eigenvalue weighted by Crippen LogP contribution is -2.14. The molecule has 0 heterocycles. The van der Waals surface area contributed by atoms with Crippen LogP contribution in [-0.4, -0.2) is 19.0 Å². The summed E-state index contributed by atoms with van der Waals surface area (Å²) in [6.07, 6.45) is 3.74. The van der Waals surface area contributed by atoms with Crippen LogP contribution in [0.3, 0.4) is 0 Å². The Kier molecular flexibility index (Phi) is 5.01. The average Bonchev–Trinajstić information content (AvgIpc) is 2.24. The van der Waals surface area contributed by atoms with Crippen LogP contribution in [0.1, 0.15) is 10.4 Å². The molecule has 1 aromatic carbocycles. The van der Waals surface area contributed by atoms with Gasteiger partial charge in [-0.05, 0) is 18.2 Å². The van der Waals surface area contributed by atoms with Gasteiger partial charge in [0.2, 0.25) is 0 Å². The molecule has 0 aromatic heterocycles. The van der Waals surface area contributed by atoms with Gasteiger partial charge in [0.1, 0.15) is 0 Å². The summed E-state index contributed by atoms with van der Waals surface area (Å²) in [7, 11) is 0. The van der Waals surface area contributed by atoms with Crippen LogP contribution in [0.5, 0.6) is 0 Å². The minimum Gasteiger partial charge on any atom is -0.381 e. The Bertz CT molecular complexity index is 404. The first-order chi connectivity index (χ1) is 7.65. The molecule has 0 saturated heterocycles. The van der Waals surface area contributed by atoms with Crippen LogP contribution in [0.15, 0.2) is 34.8 Å². The highest BCUT2D eigenvalue weighted by molar-refractivity contribution is 9.10. The van der Waals surface area contributed by atoms with E-state index in [1.807, 2.05) is 18.2 Å². The molecule has 1 aromatic rings. The Hall–Kier alpha value is -1.33. The number of primary amides is 1. The van der Waals surface area contributed by atoms with Gasteiger partial charge < -0.3 is 16.8 Å². The monoisotopic (exact) mass is 283 g/mol. The summed E-state index contributed by atoms with van der Waals surface area (Å²) in [6, 6.07) is 5.28. The second-order valence-corrected chi connectivity index (χ2v) is 4.06. The molecule has 0 aliphatic rings. The summed E-state index contributed by atoms with van der Waals surface area (Å²) >= 11 is 3.34. The lowest BCUT2D eigenvalue weighted by atomic mass is 10.1. The zero-order valence-corrected chi connectivity index (χ0v) is 10.3. The topological polar surface area (TPSA) is 81.1 Å². The maximum Gasteiger partial charge on any atom is 0.250 e. The zero-order chi connectivity index (χ0) is 12.0. The molecule has 16 heavy (non-hydrogen) atoms. The van der Waals surface area contributed by atoms with Crippen molar-refractivity contribution in [3.63, 3.8) is 0 Å². The van der Waals surface area contributed by atoms with Crippen molar-refractivity contribution in [1.29, 1.82) is 0 Å². The van der Waals surface area contributed by atoms with E-state index < -0.39 is 5.91 Å². The molecule has 0 bridgehead atoms. The predicted octanol–water partition coefficient (Wildman–Crippen LogP) is 1.47. The fourth-order valence-corrected chi connectivity index (χ4v) is 1.59. The highest BCUT2D eigenvalue weighted by atomic mass is 79.9. The van der Waals surface area contributed by atoms with Crippen molar-refractivity contribution in [3.8, 4) is 0 Å². The first kappa shape index (κ1) is 12.7. The van der Waals surface area contributed by atoms with Gasteiger partial charge in [0.15, 0.2) is 0 Å². The molecule has 0 aliphatic heterocycles. The number of anilines is 1. The number of carbonyl (C=O) groups excluding carboxylic acids is 1. The number of nitrogens with two attached hydrogens (primary N) is 2. The van der Waals surface area contributed by atoms with Gasteiger partial charge in [0.05, 0.1) is 5.56 Å². The molecular formula is C11H14BrN3O. The van der Waals surface area contributed by atoms with E-state index in [0.29, 0.717) is 24.3 Å². The summed E-state index contributed by atoms with van der Waals surface area (Å²) in [6.45, 7) is 1.11. The van der Waals surface area contributed by atoms with Gasteiger partial charge in [-0.2, -0.15) is 0 Å². The molecule has 0 aliphatic carbocycles. The van der Waals surface area contributed by atoms with E-state index in [-0.39, 0.29) is 0 Å². The third-order valence-electron chi connectivity index (χ3n) is 1.96. The van der Waals surface area contributed by atoms with E-state index >= 15 is 0 Å². The third kappa shape index (κ3) is 3.67. The van der Waals surface area contributed by atoms with Gasteiger partial charge in [-0.1, -0.05) is 28.1 Å². The second kappa shape index (κ2) is 6.30. The van der Waals surface area contributed by atoms with Gasteiger partial charge in [-0.25, -0.2) is 0 Å². The number of hydrogen-bond acceptors (Lipinski definition) is 3. The van der Waals surface area contributed by atoms with Crippen molar-refractivity contribution < 1.29 is 4.79 Å². The molecule has 0 spiro atoms. The van der Waals surface area contributed by atoms with Crippen LogP contribution in [0.2, 0.25) is 0 Å². The standard InChI is InChI=1S/C11H14BrN3O/c12-8-3-4-9(11(14)16)10(7-8)15-6-2-1-5-13/h1-4,7,15H,5-6,13H2,(H2,14,16)/b2-1+. The molecule has 5 heteroatoms. The van der Waals surface area contributed by atoms with Gasteiger partial charge in [-0.15, -0.1) is 0 Å². The predicted molar refractivity (Wildman–Crippen MR) is 69.3 cm³/mol.